The largest absolute Gasteiger partial charge is 0.300 e. The second-order valence-corrected chi connectivity index (χ2v) is 2.19. The Morgan fingerprint density at radius 1 is 1.86 bits per heavy atom. The van der Waals surface area contributed by atoms with Gasteiger partial charge in [-0.2, -0.15) is 9.95 Å². The highest BCUT2D eigenvalue weighted by atomic mass is 32.1. The molecule has 1 saturated heterocycles. The molecular formula is C2H5N3S2. The fraction of sp³-hybridized carbons (Fsp3) is 0.500. The Balaban J connectivity index is 2.40. The third kappa shape index (κ3) is 1.27. The summed E-state index contributed by atoms with van der Waals surface area (Å²) >= 11 is 8.66. The predicted octanol–water partition coefficient (Wildman–Crippen LogP) is -0.517. The summed E-state index contributed by atoms with van der Waals surface area (Å²) in [7, 11) is 0. The van der Waals surface area contributed by atoms with E-state index in [-0.39, 0.29) is 0 Å². The van der Waals surface area contributed by atoms with E-state index >= 15 is 0 Å². The van der Waals surface area contributed by atoms with Crippen molar-refractivity contribution in [2.75, 3.05) is 6.54 Å². The van der Waals surface area contributed by atoms with Gasteiger partial charge >= 0.3 is 0 Å². The van der Waals surface area contributed by atoms with Gasteiger partial charge < -0.3 is 0 Å². The Hall–Kier alpha value is 0.160. The molecule has 0 spiro atoms. The van der Waals surface area contributed by atoms with Crippen LogP contribution in [0.4, 0.5) is 0 Å². The molecule has 0 unspecified atom stereocenters. The Kier molecular flexibility index (Phi) is 1.48. The van der Waals surface area contributed by atoms with Crippen LogP contribution in [0.3, 0.4) is 0 Å². The molecule has 0 aromatic heterocycles. The molecule has 0 saturated carbocycles. The van der Waals surface area contributed by atoms with E-state index in [9.17, 15) is 0 Å². The zero-order valence-corrected chi connectivity index (χ0v) is 5.22. The molecule has 7 heavy (non-hydrogen) atoms. The van der Waals surface area contributed by atoms with Crippen LogP contribution < -0.4 is 11.0 Å². The van der Waals surface area contributed by atoms with Crippen molar-refractivity contribution in [3.8, 4) is 0 Å². The summed E-state index contributed by atoms with van der Waals surface area (Å²) in [6.07, 6.45) is 0. The first kappa shape index (κ1) is 5.30. The number of thiol groups is 1. The molecule has 1 aliphatic heterocycles. The van der Waals surface area contributed by atoms with E-state index < -0.39 is 0 Å². The van der Waals surface area contributed by atoms with Crippen LogP contribution in [-0.4, -0.2) is 15.9 Å². The maximum absolute atomic E-state index is 4.73. The third-order valence-corrected chi connectivity index (χ3v) is 1.09. The molecule has 0 aromatic rings. The maximum atomic E-state index is 4.73. The minimum absolute atomic E-state index is 0.679. The van der Waals surface area contributed by atoms with Crippen LogP contribution in [-0.2, 0) is 0 Å². The van der Waals surface area contributed by atoms with Crippen molar-refractivity contribution in [2.24, 2.45) is 0 Å². The molecule has 0 atom stereocenters. The highest BCUT2D eigenvalue weighted by Crippen LogP contribution is 1.90. The molecule has 3 nitrogen and oxygen atoms in total. The normalized spacial score (nSPS) is 22.7. The molecule has 1 fully saturated rings. The van der Waals surface area contributed by atoms with E-state index in [1.54, 1.807) is 4.41 Å². The lowest BCUT2D eigenvalue weighted by Crippen LogP contribution is -2.29. The predicted molar refractivity (Wildman–Crippen MR) is 34.6 cm³/mol. The number of hydrogen-bond donors (Lipinski definition) is 3. The van der Waals surface area contributed by atoms with E-state index in [0.29, 0.717) is 6.54 Å². The van der Waals surface area contributed by atoms with Crippen LogP contribution in [0.25, 0.3) is 0 Å². The average molecular weight is 135 g/mol. The molecule has 1 heterocycles. The van der Waals surface area contributed by atoms with Crippen LogP contribution in [0.5, 0.6) is 0 Å². The SMILES string of the molecule is S=C1CN(S)NN1. The fourth-order valence-corrected chi connectivity index (χ4v) is 0.804. The van der Waals surface area contributed by atoms with Gasteiger partial charge in [-0.1, -0.05) is 25.0 Å². The molecule has 1 rings (SSSR count). The molecular weight excluding hydrogens is 130 g/mol. The number of hydrazine groups is 2. The Morgan fingerprint density at radius 2 is 2.57 bits per heavy atom. The number of thiocarbonyl (C=S) groups is 1. The smallest absolute Gasteiger partial charge is 0.107 e. The zero-order valence-electron chi connectivity index (χ0n) is 3.51. The molecule has 0 aromatic carbocycles. The molecule has 0 radical (unpaired) electrons. The van der Waals surface area contributed by atoms with Gasteiger partial charge in [0.15, 0.2) is 0 Å². The number of rotatable bonds is 0. The van der Waals surface area contributed by atoms with E-state index in [0.717, 1.165) is 4.99 Å². The first-order chi connectivity index (χ1) is 3.29. The molecule has 0 bridgehead atoms. The van der Waals surface area contributed by atoms with E-state index in [2.05, 4.69) is 23.8 Å². The van der Waals surface area contributed by atoms with E-state index in [1.165, 1.54) is 0 Å². The van der Waals surface area contributed by atoms with Gasteiger partial charge in [-0.05, 0) is 0 Å². The van der Waals surface area contributed by atoms with Crippen LogP contribution in [0.2, 0.25) is 0 Å². The standard InChI is InChI=1S/C2H5N3S2/c6-2-1-5(7)4-3-2/h4,7H,1H2,(H,3,6). The fourth-order valence-electron chi connectivity index (χ4n) is 0.342. The monoisotopic (exact) mass is 135 g/mol. The van der Waals surface area contributed by atoms with Crippen LogP contribution >= 0.6 is 25.0 Å². The second-order valence-electron chi connectivity index (χ2n) is 1.22. The molecule has 2 N–H and O–H groups in total. The summed E-state index contributed by atoms with van der Waals surface area (Å²) in [4.78, 5) is 0.773. The van der Waals surface area contributed by atoms with Crippen LogP contribution in [0.1, 0.15) is 0 Å². The Morgan fingerprint density at radius 3 is 2.71 bits per heavy atom. The van der Waals surface area contributed by atoms with Gasteiger partial charge in [-0.15, -0.1) is 0 Å². The highest BCUT2D eigenvalue weighted by Gasteiger charge is 2.08. The van der Waals surface area contributed by atoms with Gasteiger partial charge in [0.2, 0.25) is 0 Å². The van der Waals surface area contributed by atoms with E-state index in [1.807, 2.05) is 0 Å². The quantitative estimate of drug-likeness (QED) is 0.308. The Bertz CT molecular complexity index is 92.9. The van der Waals surface area contributed by atoms with Crippen molar-refractivity contribution >= 4 is 30.0 Å². The minimum atomic E-state index is 0.679. The maximum Gasteiger partial charge on any atom is 0.107 e. The number of nitrogens with one attached hydrogen (secondary N) is 2. The molecule has 0 aliphatic carbocycles. The summed E-state index contributed by atoms with van der Waals surface area (Å²) in [5, 5.41) is 0. The summed E-state index contributed by atoms with van der Waals surface area (Å²) in [5.41, 5.74) is 5.38. The van der Waals surface area contributed by atoms with Gasteiger partial charge in [0, 0.05) is 0 Å². The summed E-state index contributed by atoms with van der Waals surface area (Å²) < 4.78 is 1.57. The number of nitrogens with zero attached hydrogens (tertiary/aromatic N) is 1. The first-order valence-electron chi connectivity index (χ1n) is 1.80. The highest BCUT2D eigenvalue weighted by molar-refractivity contribution is 7.80. The molecule has 5 heteroatoms. The summed E-state index contributed by atoms with van der Waals surface area (Å²) in [6, 6.07) is 0. The van der Waals surface area contributed by atoms with Gasteiger partial charge in [-0.3, -0.25) is 5.43 Å². The van der Waals surface area contributed by atoms with Crippen LogP contribution in [0.15, 0.2) is 0 Å². The van der Waals surface area contributed by atoms with Crippen molar-refractivity contribution in [2.45, 2.75) is 0 Å². The zero-order chi connectivity index (χ0) is 5.28. The third-order valence-electron chi connectivity index (χ3n) is 0.618. The minimum Gasteiger partial charge on any atom is -0.300 e. The summed E-state index contributed by atoms with van der Waals surface area (Å²) in [5.74, 6) is 0. The van der Waals surface area contributed by atoms with Crippen molar-refractivity contribution in [3.63, 3.8) is 0 Å². The average Bonchev–Trinajstić information content (AvgIpc) is 1.87. The van der Waals surface area contributed by atoms with Crippen molar-refractivity contribution in [1.82, 2.24) is 15.4 Å². The number of hydrogen-bond acceptors (Lipinski definition) is 4. The lowest BCUT2D eigenvalue weighted by molar-refractivity contribution is 0.423. The van der Waals surface area contributed by atoms with Gasteiger partial charge in [0.25, 0.3) is 0 Å². The molecule has 0 amide bonds. The second kappa shape index (κ2) is 1.95. The van der Waals surface area contributed by atoms with Crippen molar-refractivity contribution in [3.05, 3.63) is 0 Å². The summed E-state index contributed by atoms with van der Waals surface area (Å²) in [6.45, 7) is 0.679. The van der Waals surface area contributed by atoms with Gasteiger partial charge in [0.05, 0.1) is 6.54 Å². The van der Waals surface area contributed by atoms with Crippen molar-refractivity contribution in [1.29, 1.82) is 0 Å². The van der Waals surface area contributed by atoms with Gasteiger partial charge in [0.1, 0.15) is 4.99 Å². The van der Waals surface area contributed by atoms with Gasteiger partial charge in [-0.25, -0.2) is 0 Å². The lowest BCUT2D eigenvalue weighted by atomic mass is 10.7. The molecule has 40 valence electrons. The Labute approximate surface area is 52.5 Å². The topological polar surface area (TPSA) is 27.3 Å². The van der Waals surface area contributed by atoms with E-state index in [4.69, 9.17) is 12.2 Å². The van der Waals surface area contributed by atoms with Crippen molar-refractivity contribution < 1.29 is 0 Å². The van der Waals surface area contributed by atoms with Crippen LogP contribution in [0, 0.1) is 0 Å². The lowest BCUT2D eigenvalue weighted by Gasteiger charge is -1.98. The first-order valence-corrected chi connectivity index (χ1v) is 2.61. The molecule has 1 aliphatic rings.